The van der Waals surface area contributed by atoms with Crippen molar-refractivity contribution in [1.82, 2.24) is 14.3 Å². The molecule has 0 aromatic carbocycles. The van der Waals surface area contributed by atoms with Gasteiger partial charge in [0, 0.05) is 19.6 Å². The van der Waals surface area contributed by atoms with E-state index in [-0.39, 0.29) is 6.04 Å². The van der Waals surface area contributed by atoms with Crippen LogP contribution < -0.4 is 10.0 Å². The van der Waals surface area contributed by atoms with E-state index >= 15 is 0 Å². The highest BCUT2D eigenvalue weighted by molar-refractivity contribution is 7.87. The molecule has 3 aliphatic carbocycles. The summed E-state index contributed by atoms with van der Waals surface area (Å²) in [7, 11) is -1.61. The Hall–Kier alpha value is -0.170. The van der Waals surface area contributed by atoms with Crippen LogP contribution in [0.15, 0.2) is 0 Å². The van der Waals surface area contributed by atoms with Crippen molar-refractivity contribution in [3.63, 3.8) is 0 Å². The third kappa shape index (κ3) is 2.63. The van der Waals surface area contributed by atoms with Crippen LogP contribution in [0.3, 0.4) is 0 Å². The van der Waals surface area contributed by atoms with Gasteiger partial charge in [0.1, 0.15) is 0 Å². The maximum Gasteiger partial charge on any atom is 0.279 e. The lowest BCUT2D eigenvalue weighted by atomic mass is 10.0. The molecule has 4 atom stereocenters. The first-order chi connectivity index (χ1) is 9.54. The van der Waals surface area contributed by atoms with Crippen LogP contribution in [-0.2, 0) is 10.2 Å². The van der Waals surface area contributed by atoms with Gasteiger partial charge in [-0.2, -0.15) is 17.4 Å². The van der Waals surface area contributed by atoms with Gasteiger partial charge in [0.05, 0.1) is 0 Å². The average molecular weight is 301 g/mol. The molecule has 4 unspecified atom stereocenters. The number of fused-ring (bicyclic) bond motifs is 5. The SMILES string of the molecule is CCNCCCN(C)S(=O)(=O)NC1C2C3CCC(C3)C12. The van der Waals surface area contributed by atoms with Crippen LogP contribution in [0, 0.1) is 23.7 Å². The fourth-order valence-electron chi connectivity index (χ4n) is 4.47. The third-order valence-electron chi connectivity index (χ3n) is 5.51. The fourth-order valence-corrected chi connectivity index (χ4v) is 5.68. The summed E-state index contributed by atoms with van der Waals surface area (Å²) in [6.45, 7) is 4.44. The minimum atomic E-state index is -3.29. The zero-order valence-corrected chi connectivity index (χ0v) is 13.3. The van der Waals surface area contributed by atoms with E-state index in [9.17, 15) is 8.42 Å². The summed E-state index contributed by atoms with van der Waals surface area (Å²) in [5, 5.41) is 3.22. The van der Waals surface area contributed by atoms with Crippen molar-refractivity contribution in [2.75, 3.05) is 26.7 Å². The molecule has 6 heteroatoms. The van der Waals surface area contributed by atoms with Gasteiger partial charge in [0.25, 0.3) is 10.2 Å². The first-order valence-electron chi connectivity index (χ1n) is 7.99. The van der Waals surface area contributed by atoms with Crippen molar-refractivity contribution in [2.24, 2.45) is 23.7 Å². The van der Waals surface area contributed by atoms with Gasteiger partial charge >= 0.3 is 0 Å². The Labute approximate surface area is 122 Å². The van der Waals surface area contributed by atoms with E-state index in [4.69, 9.17) is 0 Å². The Morgan fingerprint density at radius 2 is 1.85 bits per heavy atom. The van der Waals surface area contributed by atoms with E-state index in [1.165, 1.54) is 23.6 Å². The highest BCUT2D eigenvalue weighted by atomic mass is 32.2. The summed E-state index contributed by atoms with van der Waals surface area (Å²) in [4.78, 5) is 0. The molecule has 2 bridgehead atoms. The molecule has 116 valence electrons. The summed E-state index contributed by atoms with van der Waals surface area (Å²) >= 11 is 0. The maximum absolute atomic E-state index is 12.3. The van der Waals surface area contributed by atoms with Crippen LogP contribution >= 0.6 is 0 Å². The normalized spacial score (nSPS) is 38.5. The number of nitrogens with one attached hydrogen (secondary N) is 2. The van der Waals surface area contributed by atoms with E-state index in [2.05, 4.69) is 17.0 Å². The van der Waals surface area contributed by atoms with Gasteiger partial charge in [-0.3, -0.25) is 0 Å². The lowest BCUT2D eigenvalue weighted by Crippen LogP contribution is -2.42. The lowest BCUT2D eigenvalue weighted by molar-refractivity contribution is 0.431. The smallest absolute Gasteiger partial charge is 0.279 e. The zero-order valence-electron chi connectivity index (χ0n) is 12.5. The molecule has 3 rings (SSSR count). The molecule has 20 heavy (non-hydrogen) atoms. The third-order valence-corrected chi connectivity index (χ3v) is 7.08. The number of hydrogen-bond donors (Lipinski definition) is 2. The Bertz CT molecular complexity index is 437. The predicted octanol–water partition coefficient (Wildman–Crippen LogP) is 0.797. The summed E-state index contributed by atoms with van der Waals surface area (Å²) in [6.07, 6.45) is 4.85. The summed E-state index contributed by atoms with van der Waals surface area (Å²) in [5.41, 5.74) is 0. The first kappa shape index (κ1) is 14.8. The Morgan fingerprint density at radius 3 is 2.45 bits per heavy atom. The fraction of sp³-hybridized carbons (Fsp3) is 1.00. The molecular weight excluding hydrogens is 274 g/mol. The minimum Gasteiger partial charge on any atom is -0.317 e. The van der Waals surface area contributed by atoms with Crippen molar-refractivity contribution in [2.45, 2.75) is 38.6 Å². The van der Waals surface area contributed by atoms with E-state index in [1.807, 2.05) is 0 Å². The standard InChI is InChI=1S/C14H27N3O2S/c1-3-15-7-4-8-17(2)20(18,19)16-14-12-10-5-6-11(9-10)13(12)14/h10-16H,3-9H2,1-2H3. The number of nitrogens with zero attached hydrogens (tertiary/aromatic N) is 1. The van der Waals surface area contributed by atoms with Crippen molar-refractivity contribution in [1.29, 1.82) is 0 Å². The molecule has 5 nitrogen and oxygen atoms in total. The average Bonchev–Trinajstić information content (AvgIpc) is 2.82. The van der Waals surface area contributed by atoms with Crippen LogP contribution in [-0.4, -0.2) is 45.4 Å². The molecule has 0 saturated heterocycles. The molecule has 0 aromatic heterocycles. The number of hydrogen-bond acceptors (Lipinski definition) is 3. The predicted molar refractivity (Wildman–Crippen MR) is 79.4 cm³/mol. The molecule has 0 amide bonds. The van der Waals surface area contributed by atoms with Gasteiger partial charge in [0.2, 0.25) is 0 Å². The van der Waals surface area contributed by atoms with Gasteiger partial charge in [-0.05, 0) is 62.4 Å². The van der Waals surface area contributed by atoms with Crippen LogP contribution in [0.5, 0.6) is 0 Å². The van der Waals surface area contributed by atoms with Crippen molar-refractivity contribution in [3.8, 4) is 0 Å². The quantitative estimate of drug-likeness (QED) is 0.652. The van der Waals surface area contributed by atoms with Crippen LogP contribution in [0.1, 0.15) is 32.6 Å². The highest BCUT2D eigenvalue weighted by Gasteiger charge is 2.65. The van der Waals surface area contributed by atoms with E-state index in [1.54, 1.807) is 7.05 Å². The Balaban J connectivity index is 1.47. The van der Waals surface area contributed by atoms with Gasteiger partial charge in [0.15, 0.2) is 0 Å². The summed E-state index contributed by atoms with van der Waals surface area (Å²) in [6, 6.07) is 0.238. The first-order valence-corrected chi connectivity index (χ1v) is 9.43. The minimum absolute atomic E-state index is 0.238. The van der Waals surface area contributed by atoms with Crippen LogP contribution in [0.2, 0.25) is 0 Å². The van der Waals surface area contributed by atoms with Crippen LogP contribution in [0.25, 0.3) is 0 Å². The van der Waals surface area contributed by atoms with E-state index in [0.29, 0.717) is 18.4 Å². The molecule has 0 radical (unpaired) electrons. The van der Waals surface area contributed by atoms with Crippen molar-refractivity contribution in [3.05, 3.63) is 0 Å². The van der Waals surface area contributed by atoms with E-state index < -0.39 is 10.2 Å². The molecular formula is C14H27N3O2S. The topological polar surface area (TPSA) is 61.4 Å². The monoisotopic (exact) mass is 301 g/mol. The molecule has 0 heterocycles. The van der Waals surface area contributed by atoms with Gasteiger partial charge in [-0.1, -0.05) is 6.92 Å². The molecule has 3 fully saturated rings. The largest absolute Gasteiger partial charge is 0.317 e. The Kier molecular flexibility index (Phi) is 4.10. The Morgan fingerprint density at radius 1 is 1.20 bits per heavy atom. The van der Waals surface area contributed by atoms with Gasteiger partial charge in [-0.15, -0.1) is 0 Å². The highest BCUT2D eigenvalue weighted by Crippen LogP contribution is 2.65. The second kappa shape index (κ2) is 5.55. The maximum atomic E-state index is 12.3. The molecule has 0 aromatic rings. The van der Waals surface area contributed by atoms with Crippen molar-refractivity contribution < 1.29 is 8.42 Å². The molecule has 2 N–H and O–H groups in total. The molecule has 0 aliphatic heterocycles. The zero-order chi connectivity index (χ0) is 14.3. The molecule has 3 aliphatic rings. The van der Waals surface area contributed by atoms with Gasteiger partial charge in [-0.25, -0.2) is 0 Å². The van der Waals surface area contributed by atoms with Crippen LogP contribution in [0.4, 0.5) is 0 Å². The molecule has 0 spiro atoms. The second-order valence-corrected chi connectivity index (χ2v) is 8.47. The lowest BCUT2D eigenvalue weighted by Gasteiger charge is -2.19. The summed E-state index contributed by atoms with van der Waals surface area (Å²) in [5.74, 6) is 2.91. The summed E-state index contributed by atoms with van der Waals surface area (Å²) < 4.78 is 29.0. The van der Waals surface area contributed by atoms with Gasteiger partial charge < -0.3 is 5.32 Å². The second-order valence-electron chi connectivity index (χ2n) is 6.67. The number of rotatable bonds is 8. The van der Waals surface area contributed by atoms with E-state index in [0.717, 1.165) is 31.3 Å². The van der Waals surface area contributed by atoms with Crippen molar-refractivity contribution >= 4 is 10.2 Å². The molecule has 3 saturated carbocycles.